The second-order valence-corrected chi connectivity index (χ2v) is 3.18. The highest BCUT2D eigenvalue weighted by Crippen LogP contribution is 2.24. The van der Waals surface area contributed by atoms with Crippen LogP contribution in [0.2, 0.25) is 0 Å². The molecule has 5 nitrogen and oxygen atoms in total. The number of rotatable bonds is 3. The normalized spacial score (nSPS) is 10.8. The number of hydrogen-bond acceptors (Lipinski definition) is 3. The molecule has 2 aromatic rings. The quantitative estimate of drug-likeness (QED) is 0.888. The molecule has 1 N–H and O–H groups in total. The molecule has 1 aromatic heterocycles. The van der Waals surface area contributed by atoms with Crippen molar-refractivity contribution in [3.8, 4) is 5.69 Å². The van der Waals surface area contributed by atoms with Gasteiger partial charge in [0.25, 0.3) is 6.43 Å². The van der Waals surface area contributed by atoms with Crippen molar-refractivity contribution >= 4 is 5.97 Å². The summed E-state index contributed by atoms with van der Waals surface area (Å²) in [6.07, 6.45) is -2.96. The first-order chi connectivity index (χ1) is 8.11. The number of alkyl halides is 2. The molecule has 0 saturated carbocycles. The van der Waals surface area contributed by atoms with Gasteiger partial charge in [-0.2, -0.15) is 0 Å². The highest BCUT2D eigenvalue weighted by atomic mass is 19.3. The maximum Gasteiger partial charge on any atom is 0.358 e. The fourth-order valence-corrected chi connectivity index (χ4v) is 1.40. The predicted octanol–water partition coefficient (Wildman–Crippen LogP) is 1.90. The van der Waals surface area contributed by atoms with Gasteiger partial charge in [-0.25, -0.2) is 18.3 Å². The second kappa shape index (κ2) is 4.28. The topological polar surface area (TPSA) is 68.0 Å². The molecule has 0 spiro atoms. The van der Waals surface area contributed by atoms with Gasteiger partial charge < -0.3 is 5.11 Å². The van der Waals surface area contributed by atoms with Crippen LogP contribution in [0.5, 0.6) is 0 Å². The summed E-state index contributed by atoms with van der Waals surface area (Å²) in [6.45, 7) is 0. The van der Waals surface area contributed by atoms with Gasteiger partial charge in [-0.3, -0.25) is 0 Å². The zero-order chi connectivity index (χ0) is 12.4. The van der Waals surface area contributed by atoms with Gasteiger partial charge in [0.2, 0.25) is 0 Å². The van der Waals surface area contributed by atoms with Gasteiger partial charge >= 0.3 is 5.97 Å². The Morgan fingerprint density at radius 3 is 2.47 bits per heavy atom. The van der Waals surface area contributed by atoms with E-state index in [1.165, 1.54) is 12.1 Å². The summed E-state index contributed by atoms with van der Waals surface area (Å²) in [4.78, 5) is 10.7. The number of halogens is 2. The van der Waals surface area contributed by atoms with E-state index in [2.05, 4.69) is 10.3 Å². The Morgan fingerprint density at radius 2 is 1.94 bits per heavy atom. The van der Waals surface area contributed by atoms with E-state index in [1.54, 1.807) is 18.2 Å². The van der Waals surface area contributed by atoms with E-state index >= 15 is 0 Å². The maximum atomic E-state index is 12.8. The third-order valence-electron chi connectivity index (χ3n) is 2.12. The van der Waals surface area contributed by atoms with Crippen LogP contribution >= 0.6 is 0 Å². The van der Waals surface area contributed by atoms with Gasteiger partial charge in [0.15, 0.2) is 5.69 Å². The predicted molar refractivity (Wildman–Crippen MR) is 53.3 cm³/mol. The van der Waals surface area contributed by atoms with Crippen molar-refractivity contribution < 1.29 is 18.7 Å². The fourth-order valence-electron chi connectivity index (χ4n) is 1.40. The number of carbonyl (C=O) groups is 1. The number of aromatic carboxylic acids is 1. The molecule has 0 fully saturated rings. The molecule has 0 amide bonds. The minimum atomic E-state index is -2.96. The molecule has 7 heteroatoms. The zero-order valence-electron chi connectivity index (χ0n) is 8.42. The Hall–Kier alpha value is -2.31. The number of carboxylic acid groups (broad SMARTS) is 1. The molecule has 0 aliphatic rings. The number of benzene rings is 1. The fraction of sp³-hybridized carbons (Fsp3) is 0.100. The van der Waals surface area contributed by atoms with Crippen molar-refractivity contribution in [2.45, 2.75) is 6.43 Å². The van der Waals surface area contributed by atoms with Crippen LogP contribution in [0.15, 0.2) is 30.3 Å². The smallest absolute Gasteiger partial charge is 0.358 e. The molecule has 0 aliphatic carbocycles. The largest absolute Gasteiger partial charge is 0.476 e. The molecule has 1 aromatic carbocycles. The first kappa shape index (κ1) is 11.2. The molecule has 0 bridgehead atoms. The Labute approximate surface area is 94.3 Å². The Morgan fingerprint density at radius 1 is 1.29 bits per heavy atom. The zero-order valence-corrected chi connectivity index (χ0v) is 8.42. The Balaban J connectivity index is 2.60. The SMILES string of the molecule is O=C(O)c1nnn(-c2ccccc2)c1C(F)F. The summed E-state index contributed by atoms with van der Waals surface area (Å²) in [5.41, 5.74) is -1.12. The van der Waals surface area contributed by atoms with Crippen LogP contribution in [-0.2, 0) is 0 Å². The summed E-state index contributed by atoms with van der Waals surface area (Å²) in [7, 11) is 0. The number of aromatic nitrogens is 3. The number of nitrogens with zero attached hydrogens (tertiary/aromatic N) is 3. The van der Waals surface area contributed by atoms with Crippen molar-refractivity contribution in [2.24, 2.45) is 0 Å². The van der Waals surface area contributed by atoms with Crippen LogP contribution in [0.4, 0.5) is 8.78 Å². The molecule has 2 rings (SSSR count). The Kier molecular flexibility index (Phi) is 2.82. The summed E-state index contributed by atoms with van der Waals surface area (Å²) in [5, 5.41) is 15.4. The molecule has 0 atom stereocenters. The van der Waals surface area contributed by atoms with Crippen molar-refractivity contribution in [1.29, 1.82) is 0 Å². The monoisotopic (exact) mass is 239 g/mol. The minimum absolute atomic E-state index is 0.336. The van der Waals surface area contributed by atoms with E-state index in [1.807, 2.05) is 0 Å². The van der Waals surface area contributed by atoms with Gasteiger partial charge in [0.05, 0.1) is 5.69 Å². The standard InChI is InChI=1S/C10H7F2N3O2/c11-9(12)8-7(10(16)17)13-14-15(8)6-4-2-1-3-5-6/h1-5,9H,(H,16,17). The number of para-hydroxylation sites is 1. The summed E-state index contributed by atoms with van der Waals surface area (Å²) in [6, 6.07) is 8.04. The third kappa shape index (κ3) is 1.99. The maximum absolute atomic E-state index is 12.8. The summed E-state index contributed by atoms with van der Waals surface area (Å²) >= 11 is 0. The van der Waals surface area contributed by atoms with E-state index in [4.69, 9.17) is 5.11 Å². The molecule has 0 aliphatic heterocycles. The lowest BCUT2D eigenvalue weighted by Crippen LogP contribution is -2.07. The molecule has 0 unspecified atom stereocenters. The molecule has 88 valence electrons. The number of hydrogen-bond donors (Lipinski definition) is 1. The van der Waals surface area contributed by atoms with Crippen molar-refractivity contribution in [1.82, 2.24) is 15.0 Å². The highest BCUT2D eigenvalue weighted by Gasteiger charge is 2.26. The van der Waals surface area contributed by atoms with Crippen LogP contribution in [0, 0.1) is 0 Å². The molecular weight excluding hydrogens is 232 g/mol. The van der Waals surface area contributed by atoms with Crippen molar-refractivity contribution in [3.05, 3.63) is 41.7 Å². The molecule has 17 heavy (non-hydrogen) atoms. The minimum Gasteiger partial charge on any atom is -0.476 e. The summed E-state index contributed by atoms with van der Waals surface area (Å²) < 4.78 is 26.4. The van der Waals surface area contributed by atoms with Crippen LogP contribution < -0.4 is 0 Å². The first-order valence-corrected chi connectivity index (χ1v) is 4.63. The van der Waals surface area contributed by atoms with E-state index in [-0.39, 0.29) is 0 Å². The average Bonchev–Trinajstić information content (AvgIpc) is 2.74. The molecule has 1 heterocycles. The van der Waals surface area contributed by atoms with E-state index in [9.17, 15) is 13.6 Å². The van der Waals surface area contributed by atoms with Crippen LogP contribution in [0.3, 0.4) is 0 Å². The second-order valence-electron chi connectivity index (χ2n) is 3.18. The van der Waals surface area contributed by atoms with E-state index in [0.717, 1.165) is 4.68 Å². The molecule has 0 saturated heterocycles. The molecule has 0 radical (unpaired) electrons. The van der Waals surface area contributed by atoms with E-state index in [0.29, 0.717) is 5.69 Å². The molecular formula is C10H7F2N3O2. The van der Waals surface area contributed by atoms with Crippen LogP contribution in [0.25, 0.3) is 5.69 Å². The number of carboxylic acids is 1. The van der Waals surface area contributed by atoms with Gasteiger partial charge in [-0.05, 0) is 12.1 Å². The van der Waals surface area contributed by atoms with Gasteiger partial charge in [0.1, 0.15) is 5.69 Å². The highest BCUT2D eigenvalue weighted by molar-refractivity contribution is 5.86. The van der Waals surface area contributed by atoms with Gasteiger partial charge in [-0.1, -0.05) is 23.4 Å². The average molecular weight is 239 g/mol. The van der Waals surface area contributed by atoms with E-state index < -0.39 is 23.8 Å². The lowest BCUT2D eigenvalue weighted by Gasteiger charge is -2.05. The first-order valence-electron chi connectivity index (χ1n) is 4.63. The van der Waals surface area contributed by atoms with Crippen LogP contribution in [0.1, 0.15) is 22.6 Å². The van der Waals surface area contributed by atoms with Gasteiger partial charge in [-0.15, -0.1) is 5.10 Å². The van der Waals surface area contributed by atoms with Crippen molar-refractivity contribution in [2.75, 3.05) is 0 Å². The third-order valence-corrected chi connectivity index (χ3v) is 2.12. The van der Waals surface area contributed by atoms with Crippen LogP contribution in [-0.4, -0.2) is 26.1 Å². The van der Waals surface area contributed by atoms with Crippen molar-refractivity contribution in [3.63, 3.8) is 0 Å². The van der Waals surface area contributed by atoms with Gasteiger partial charge in [0, 0.05) is 0 Å². The Bertz CT molecular complexity index is 540. The summed E-state index contributed by atoms with van der Waals surface area (Å²) in [5.74, 6) is -1.53. The lowest BCUT2D eigenvalue weighted by molar-refractivity contribution is 0.0676. The lowest BCUT2D eigenvalue weighted by atomic mass is 10.3.